The maximum Gasteiger partial charge on any atom is 0.416 e. The van der Waals surface area contributed by atoms with Crippen LogP contribution in [0.5, 0.6) is 0 Å². The van der Waals surface area contributed by atoms with Gasteiger partial charge in [0.2, 0.25) is 11.8 Å². The lowest BCUT2D eigenvalue weighted by atomic mass is 10.1. The summed E-state index contributed by atoms with van der Waals surface area (Å²) in [6, 6.07) is 10.1. The van der Waals surface area contributed by atoms with Crippen LogP contribution in [0.3, 0.4) is 0 Å². The van der Waals surface area contributed by atoms with Gasteiger partial charge in [0.25, 0.3) is 0 Å². The molecule has 2 aromatic carbocycles. The zero-order chi connectivity index (χ0) is 28.3. The van der Waals surface area contributed by atoms with E-state index in [1.54, 1.807) is 18.2 Å². The molecule has 2 aliphatic rings. The third kappa shape index (κ3) is 5.97. The smallest absolute Gasteiger partial charge is 0.416 e. The van der Waals surface area contributed by atoms with Crippen LogP contribution in [0.2, 0.25) is 0 Å². The lowest BCUT2D eigenvalue weighted by Gasteiger charge is -2.35. The molecule has 0 atom stereocenters. The molecule has 3 aromatic rings. The summed E-state index contributed by atoms with van der Waals surface area (Å²) in [5.74, 6) is 0.125. The van der Waals surface area contributed by atoms with Crippen LogP contribution in [-0.2, 0) is 11.0 Å². The van der Waals surface area contributed by atoms with Gasteiger partial charge < -0.3 is 14.6 Å². The lowest BCUT2D eigenvalue weighted by molar-refractivity contribution is -0.137. The van der Waals surface area contributed by atoms with Crippen LogP contribution in [0, 0.1) is 11.3 Å². The highest BCUT2D eigenvalue weighted by Crippen LogP contribution is 2.31. The molecule has 1 aromatic heterocycles. The summed E-state index contributed by atoms with van der Waals surface area (Å²) in [5, 5.41) is 12.1. The summed E-state index contributed by atoms with van der Waals surface area (Å²) < 4.78 is 44.3. The van der Waals surface area contributed by atoms with E-state index in [9.17, 15) is 28.0 Å². The number of rotatable bonds is 6. The molecule has 8 nitrogen and oxygen atoms in total. The number of aromatic nitrogens is 1. The fourth-order valence-corrected chi connectivity index (χ4v) is 4.64. The van der Waals surface area contributed by atoms with Gasteiger partial charge in [-0.05, 0) is 55.0 Å². The summed E-state index contributed by atoms with van der Waals surface area (Å²) in [6.07, 6.45) is 4.02. The van der Waals surface area contributed by atoms with Crippen LogP contribution in [0.15, 0.2) is 70.8 Å². The van der Waals surface area contributed by atoms with Crippen LogP contribution < -0.4 is 10.2 Å². The van der Waals surface area contributed by atoms with Gasteiger partial charge in [-0.1, -0.05) is 12.2 Å². The van der Waals surface area contributed by atoms with Gasteiger partial charge in [0.1, 0.15) is 5.52 Å². The number of benzene rings is 2. The number of anilines is 1. The Hall–Kier alpha value is -4.69. The molecule has 40 heavy (non-hydrogen) atoms. The highest BCUT2D eigenvalue weighted by molar-refractivity contribution is 5.95. The van der Waals surface area contributed by atoms with Gasteiger partial charge in [0.15, 0.2) is 11.9 Å². The van der Waals surface area contributed by atoms with Gasteiger partial charge >= 0.3 is 6.18 Å². The number of carbonyl (C=O) groups excluding carboxylic acids is 2. The lowest BCUT2D eigenvalue weighted by Crippen LogP contribution is -2.49. The zero-order valence-corrected chi connectivity index (χ0v) is 21.2. The molecule has 1 aliphatic heterocycles. The van der Waals surface area contributed by atoms with Crippen LogP contribution in [0.4, 0.5) is 18.9 Å². The minimum absolute atomic E-state index is 0.177. The van der Waals surface area contributed by atoms with Gasteiger partial charge in [-0.3, -0.25) is 14.5 Å². The summed E-state index contributed by atoms with van der Waals surface area (Å²) in [5.41, 5.74) is 2.62. The second kappa shape index (κ2) is 11.2. The van der Waals surface area contributed by atoms with Gasteiger partial charge in [-0.2, -0.15) is 18.4 Å². The van der Waals surface area contributed by atoms with E-state index in [2.05, 4.69) is 10.3 Å². The molecule has 1 saturated heterocycles. The number of nitrogens with one attached hydrogen (secondary N) is 1. The molecule has 1 N–H and O–H groups in total. The Kier molecular flexibility index (Phi) is 7.53. The van der Waals surface area contributed by atoms with Crippen molar-refractivity contribution < 1.29 is 27.2 Å². The maximum atomic E-state index is 12.8. The maximum absolute atomic E-state index is 12.8. The number of piperazine rings is 1. The first-order valence-corrected chi connectivity index (χ1v) is 12.6. The summed E-state index contributed by atoms with van der Waals surface area (Å²) in [7, 11) is 0. The van der Waals surface area contributed by atoms with Gasteiger partial charge in [0, 0.05) is 43.1 Å². The topological polar surface area (TPSA) is 102 Å². The molecule has 1 aliphatic carbocycles. The molecular weight excluding hydrogens is 523 g/mol. The van der Waals surface area contributed by atoms with Gasteiger partial charge in [-0.15, -0.1) is 0 Å². The predicted octanol–water partition coefficient (Wildman–Crippen LogP) is 4.70. The fourth-order valence-electron chi connectivity index (χ4n) is 4.64. The highest BCUT2D eigenvalue weighted by atomic mass is 19.4. The van der Waals surface area contributed by atoms with E-state index in [0.717, 1.165) is 17.8 Å². The van der Waals surface area contributed by atoms with Crippen molar-refractivity contribution in [3.63, 3.8) is 0 Å². The van der Waals surface area contributed by atoms with Crippen molar-refractivity contribution in [2.45, 2.75) is 12.6 Å². The molecule has 1 fully saturated rings. The average Bonchev–Trinajstić information content (AvgIpc) is 3.24. The molecule has 2 heterocycles. The number of fused-ring (bicyclic) bond motifs is 1. The van der Waals surface area contributed by atoms with E-state index in [1.807, 2.05) is 28.0 Å². The summed E-state index contributed by atoms with van der Waals surface area (Å²) in [4.78, 5) is 32.6. The molecule has 5 rings (SSSR count). The molecule has 1 amide bonds. The number of hydrogen-bond donors (Lipinski definition) is 1. The van der Waals surface area contributed by atoms with Crippen LogP contribution in [0.1, 0.15) is 33.8 Å². The van der Waals surface area contributed by atoms with E-state index in [0.29, 0.717) is 72.7 Å². The molecule has 204 valence electrons. The number of aldehydes is 1. The molecule has 0 saturated carbocycles. The molecule has 0 bridgehead atoms. The van der Waals surface area contributed by atoms with Gasteiger partial charge in [-0.25, -0.2) is 4.98 Å². The van der Waals surface area contributed by atoms with Crippen molar-refractivity contribution in [1.82, 2.24) is 15.2 Å². The first kappa shape index (κ1) is 26.9. The number of nitriles is 1. The Bertz CT molecular complexity index is 1570. The first-order chi connectivity index (χ1) is 19.2. The summed E-state index contributed by atoms with van der Waals surface area (Å²) in [6.45, 7) is 2.58. The van der Waals surface area contributed by atoms with E-state index < -0.39 is 11.7 Å². The Morgan fingerprint density at radius 3 is 2.52 bits per heavy atom. The Morgan fingerprint density at radius 2 is 1.85 bits per heavy atom. The normalized spacial score (nSPS) is 16.2. The SMILES string of the molecule is N#Cc1cc(C=O)c2oc(C3=CCC=C(NC(=O)CN4CCN(c5ccc(C(F)(F)F)cc5)CC4)C=C3)nc2c1. The Balaban J connectivity index is 1.15. The Morgan fingerprint density at radius 1 is 1.10 bits per heavy atom. The average molecular weight is 548 g/mol. The third-order valence-corrected chi connectivity index (χ3v) is 6.72. The van der Waals surface area contributed by atoms with Crippen LogP contribution in [0.25, 0.3) is 16.7 Å². The second-order valence-electron chi connectivity index (χ2n) is 9.41. The number of allylic oxidation sites excluding steroid dienone is 5. The monoisotopic (exact) mass is 547 g/mol. The molecule has 11 heteroatoms. The predicted molar refractivity (Wildman–Crippen MR) is 142 cm³/mol. The molecule has 0 unspecified atom stereocenters. The van der Waals surface area contributed by atoms with Crippen molar-refractivity contribution in [2.24, 2.45) is 0 Å². The van der Waals surface area contributed by atoms with Crippen molar-refractivity contribution in [3.05, 3.63) is 89.0 Å². The minimum atomic E-state index is -4.36. The molecule has 0 radical (unpaired) electrons. The van der Waals surface area contributed by atoms with Crippen LogP contribution >= 0.6 is 0 Å². The minimum Gasteiger partial charge on any atom is -0.435 e. The van der Waals surface area contributed by atoms with Gasteiger partial charge in [0.05, 0.1) is 29.3 Å². The number of carbonyl (C=O) groups is 2. The van der Waals surface area contributed by atoms with E-state index in [1.165, 1.54) is 18.2 Å². The molecule has 0 spiro atoms. The number of hydrogen-bond acceptors (Lipinski definition) is 7. The van der Waals surface area contributed by atoms with E-state index in [-0.39, 0.29) is 18.0 Å². The van der Waals surface area contributed by atoms with Crippen molar-refractivity contribution in [2.75, 3.05) is 37.6 Å². The quantitative estimate of drug-likeness (QED) is 0.447. The number of oxazole rings is 1. The van der Waals surface area contributed by atoms with Crippen molar-refractivity contribution >= 4 is 34.6 Å². The standard InChI is InChI=1S/C29H24F3N5O3/c30-29(31,32)22-5-8-24(9-6-22)37-12-10-36(11-13-37)17-26(39)34-23-3-1-2-20(4-7-23)28-35-25-15-19(16-33)14-21(18-38)27(25)40-28/h2-9,14-15,18H,1,10-13,17H2,(H,34,39). The molecular formula is C29H24F3N5O3. The van der Waals surface area contributed by atoms with Crippen molar-refractivity contribution in [3.8, 4) is 6.07 Å². The van der Waals surface area contributed by atoms with Crippen molar-refractivity contribution in [1.29, 1.82) is 5.26 Å². The largest absolute Gasteiger partial charge is 0.435 e. The highest BCUT2D eigenvalue weighted by Gasteiger charge is 2.30. The first-order valence-electron chi connectivity index (χ1n) is 12.6. The second-order valence-corrected chi connectivity index (χ2v) is 9.41. The number of nitrogens with zero attached hydrogens (tertiary/aromatic N) is 4. The fraction of sp³-hybridized carbons (Fsp3) is 0.241. The number of amides is 1. The number of halogens is 3. The van der Waals surface area contributed by atoms with Crippen LogP contribution in [-0.4, -0.2) is 54.8 Å². The number of alkyl halides is 3. The third-order valence-electron chi connectivity index (χ3n) is 6.72. The zero-order valence-electron chi connectivity index (χ0n) is 21.2. The van der Waals surface area contributed by atoms with E-state index in [4.69, 9.17) is 4.42 Å². The van der Waals surface area contributed by atoms with E-state index >= 15 is 0 Å². The Labute approximate surface area is 227 Å². The summed E-state index contributed by atoms with van der Waals surface area (Å²) >= 11 is 0.